The number of rotatable bonds is 1. The second-order valence-electron chi connectivity index (χ2n) is 3.20. The van der Waals surface area contributed by atoms with Gasteiger partial charge < -0.3 is 0 Å². The number of nitrogens with zero attached hydrogens (tertiary/aromatic N) is 1. The van der Waals surface area contributed by atoms with Crippen LogP contribution in [-0.4, -0.2) is 14.0 Å². The van der Waals surface area contributed by atoms with E-state index in [-0.39, 0.29) is 12.0 Å². The quantitative estimate of drug-likeness (QED) is 0.609. The average molecular weight is 209 g/mol. The van der Waals surface area contributed by atoms with Crippen molar-refractivity contribution in [3.05, 3.63) is 36.0 Å². The zero-order valence-electron chi connectivity index (χ0n) is 7.75. The summed E-state index contributed by atoms with van der Waals surface area (Å²) in [6, 6.07) is 1.78. The lowest BCUT2D eigenvalue weighted by Crippen LogP contribution is -2.28. The molecule has 1 aliphatic carbocycles. The number of nitriles is 1. The van der Waals surface area contributed by atoms with Gasteiger partial charge in [0.2, 0.25) is 0 Å². The third kappa shape index (κ3) is 2.53. The number of hydrogen-bond acceptors (Lipinski definition) is 1. The molecule has 0 aliphatic heterocycles. The smallest absolute Gasteiger partial charge is 0.198 e. The Morgan fingerprint density at radius 2 is 2.07 bits per heavy atom. The van der Waals surface area contributed by atoms with Gasteiger partial charge >= 0.3 is 6.18 Å². The van der Waals surface area contributed by atoms with Crippen LogP contribution >= 0.6 is 0 Å². The number of hydrogen-bond donors (Lipinski definition) is 0. The number of alkyl halides is 3. The Morgan fingerprint density at radius 3 is 2.60 bits per heavy atom. The van der Waals surface area contributed by atoms with Crippen LogP contribution in [0.5, 0.6) is 0 Å². The summed E-state index contributed by atoms with van der Waals surface area (Å²) < 4.78 is 37.8. The lowest BCUT2D eigenvalue weighted by atomic mass is 9.67. The predicted molar refractivity (Wildman–Crippen MR) is 51.1 cm³/mol. The Balaban J connectivity index is 3.11. The first-order chi connectivity index (χ1) is 6.89. The first-order valence-corrected chi connectivity index (χ1v) is 4.19. The molecule has 5 heteroatoms. The summed E-state index contributed by atoms with van der Waals surface area (Å²) in [7, 11) is 5.22. The zero-order valence-corrected chi connectivity index (χ0v) is 7.75. The SMILES string of the molecule is [B]C1(C(F)(F)F)C=CC=CC(CC#N)=C1. The molecule has 0 aromatic heterocycles. The first-order valence-electron chi connectivity index (χ1n) is 4.19. The fraction of sp³-hybridized carbons (Fsp3) is 0.300. The van der Waals surface area contributed by atoms with Gasteiger partial charge in [-0.3, -0.25) is 0 Å². The zero-order chi connectivity index (χ0) is 11.5. The van der Waals surface area contributed by atoms with Crippen molar-refractivity contribution < 1.29 is 13.2 Å². The summed E-state index contributed by atoms with van der Waals surface area (Å²) >= 11 is 0. The molecule has 0 aromatic carbocycles. The van der Waals surface area contributed by atoms with Crippen molar-refractivity contribution in [2.45, 2.75) is 17.9 Å². The van der Waals surface area contributed by atoms with E-state index in [1.807, 2.05) is 0 Å². The molecule has 0 bridgehead atoms. The normalized spacial score (nSPS) is 25.6. The topological polar surface area (TPSA) is 23.8 Å². The van der Waals surface area contributed by atoms with Crippen LogP contribution in [0.2, 0.25) is 5.31 Å². The molecule has 1 aliphatic rings. The Labute approximate surface area is 87.0 Å². The van der Waals surface area contributed by atoms with E-state index in [9.17, 15) is 13.2 Å². The highest BCUT2D eigenvalue weighted by Gasteiger charge is 2.47. The molecule has 1 rings (SSSR count). The minimum absolute atomic E-state index is 0.0901. The molecule has 0 saturated carbocycles. The second-order valence-corrected chi connectivity index (χ2v) is 3.20. The molecule has 1 unspecified atom stereocenters. The molecule has 0 saturated heterocycles. The van der Waals surface area contributed by atoms with E-state index in [2.05, 4.69) is 0 Å². The van der Waals surface area contributed by atoms with Crippen LogP contribution in [0.25, 0.3) is 0 Å². The summed E-state index contributed by atoms with van der Waals surface area (Å²) in [5, 5.41) is 5.93. The first kappa shape index (κ1) is 11.6. The van der Waals surface area contributed by atoms with Crippen LogP contribution in [0.15, 0.2) is 36.0 Å². The van der Waals surface area contributed by atoms with Crippen molar-refractivity contribution in [1.29, 1.82) is 5.26 Å². The van der Waals surface area contributed by atoms with Crippen LogP contribution in [0.3, 0.4) is 0 Å². The fourth-order valence-corrected chi connectivity index (χ4v) is 1.17. The van der Waals surface area contributed by atoms with Gasteiger partial charge in [0.15, 0.2) is 0 Å². The van der Waals surface area contributed by atoms with Gasteiger partial charge in [-0.05, 0) is 5.57 Å². The van der Waals surface area contributed by atoms with E-state index in [4.69, 9.17) is 13.1 Å². The molecule has 1 atom stereocenters. The van der Waals surface area contributed by atoms with Crippen molar-refractivity contribution in [3.8, 4) is 6.07 Å². The monoisotopic (exact) mass is 209 g/mol. The molecule has 1 nitrogen and oxygen atoms in total. The summed E-state index contributed by atoms with van der Waals surface area (Å²) in [4.78, 5) is 0. The molecule has 0 N–H and O–H groups in total. The molecule has 0 spiro atoms. The molecular formula is C10H7BF3N. The van der Waals surface area contributed by atoms with Crippen molar-refractivity contribution in [2.24, 2.45) is 0 Å². The lowest BCUT2D eigenvalue weighted by molar-refractivity contribution is -0.142. The van der Waals surface area contributed by atoms with E-state index < -0.39 is 11.5 Å². The van der Waals surface area contributed by atoms with Crippen LogP contribution in [0.1, 0.15) is 6.42 Å². The summed E-state index contributed by atoms with van der Waals surface area (Å²) in [5.74, 6) is 0. The number of halogens is 3. The Hall–Kier alpha value is -1.44. The minimum Gasteiger partial charge on any atom is -0.198 e. The van der Waals surface area contributed by atoms with Gasteiger partial charge in [-0.15, -0.1) is 0 Å². The average Bonchev–Trinajstić information content (AvgIpc) is 2.28. The van der Waals surface area contributed by atoms with Gasteiger partial charge in [0.25, 0.3) is 0 Å². The predicted octanol–water partition coefficient (Wildman–Crippen LogP) is 2.84. The van der Waals surface area contributed by atoms with Crippen LogP contribution in [-0.2, 0) is 0 Å². The summed E-state index contributed by atoms with van der Waals surface area (Å²) in [6.07, 6.45) is 1.20. The summed E-state index contributed by atoms with van der Waals surface area (Å²) in [5.41, 5.74) is 0.266. The number of allylic oxidation sites excluding steroid dienone is 6. The van der Waals surface area contributed by atoms with E-state index in [0.717, 1.165) is 12.2 Å². The van der Waals surface area contributed by atoms with E-state index in [0.29, 0.717) is 0 Å². The molecule has 76 valence electrons. The highest BCUT2D eigenvalue weighted by atomic mass is 19.4. The van der Waals surface area contributed by atoms with Gasteiger partial charge in [-0.25, -0.2) is 0 Å². The summed E-state index contributed by atoms with van der Waals surface area (Å²) in [6.45, 7) is 0. The van der Waals surface area contributed by atoms with E-state index in [1.54, 1.807) is 6.07 Å². The third-order valence-corrected chi connectivity index (χ3v) is 1.99. The van der Waals surface area contributed by atoms with Crippen molar-refractivity contribution in [2.75, 3.05) is 0 Å². The highest BCUT2D eigenvalue weighted by Crippen LogP contribution is 2.46. The van der Waals surface area contributed by atoms with E-state index >= 15 is 0 Å². The van der Waals surface area contributed by atoms with Gasteiger partial charge in [0, 0.05) is 0 Å². The lowest BCUT2D eigenvalue weighted by Gasteiger charge is -2.26. The van der Waals surface area contributed by atoms with Crippen LogP contribution in [0, 0.1) is 11.3 Å². The third-order valence-electron chi connectivity index (χ3n) is 1.99. The van der Waals surface area contributed by atoms with Crippen LogP contribution in [0.4, 0.5) is 13.2 Å². The maximum absolute atomic E-state index is 12.6. The van der Waals surface area contributed by atoms with Gasteiger partial charge in [0.05, 0.1) is 25.7 Å². The van der Waals surface area contributed by atoms with Crippen LogP contribution < -0.4 is 0 Å². The molecule has 2 radical (unpaired) electrons. The Kier molecular flexibility index (Phi) is 3.08. The molecule has 0 heterocycles. The molecule has 0 aromatic rings. The molecule has 0 amide bonds. The second kappa shape index (κ2) is 3.97. The maximum Gasteiger partial charge on any atom is 0.393 e. The van der Waals surface area contributed by atoms with Gasteiger partial charge in [0.1, 0.15) is 0 Å². The standard InChI is InChI=1S/C10H7BF3N/c11-9(10(12,13)14)5-2-1-3-8(7-9)4-6-15/h1-3,5,7H,4H2. The molecular weight excluding hydrogens is 202 g/mol. The van der Waals surface area contributed by atoms with Gasteiger partial charge in [-0.1, -0.05) is 30.4 Å². The van der Waals surface area contributed by atoms with Crippen molar-refractivity contribution >= 4 is 7.85 Å². The Bertz CT molecular complexity index is 373. The van der Waals surface area contributed by atoms with Crippen molar-refractivity contribution in [3.63, 3.8) is 0 Å². The van der Waals surface area contributed by atoms with Crippen molar-refractivity contribution in [1.82, 2.24) is 0 Å². The van der Waals surface area contributed by atoms with E-state index in [1.165, 1.54) is 18.2 Å². The minimum atomic E-state index is -4.56. The maximum atomic E-state index is 12.6. The molecule has 15 heavy (non-hydrogen) atoms. The van der Waals surface area contributed by atoms with Gasteiger partial charge in [-0.2, -0.15) is 18.4 Å². The fourth-order valence-electron chi connectivity index (χ4n) is 1.17. The Morgan fingerprint density at radius 1 is 1.40 bits per heavy atom. The highest BCUT2D eigenvalue weighted by molar-refractivity contribution is 6.19. The molecule has 0 fully saturated rings. The largest absolute Gasteiger partial charge is 0.393 e.